The average Bonchev–Trinajstić information content (AvgIpc) is 2.54. The molecular formula is C19H22N2O3. The molecule has 2 amide bonds. The molecule has 0 heterocycles. The van der Waals surface area contributed by atoms with Crippen LogP contribution in [0.25, 0.3) is 0 Å². The Morgan fingerprint density at radius 3 is 2.54 bits per heavy atom. The monoisotopic (exact) mass is 326 g/mol. The zero-order valence-corrected chi connectivity index (χ0v) is 14.2. The van der Waals surface area contributed by atoms with Gasteiger partial charge in [-0.05, 0) is 24.6 Å². The summed E-state index contributed by atoms with van der Waals surface area (Å²) in [6.07, 6.45) is 0. The second-order valence-corrected chi connectivity index (χ2v) is 5.61. The van der Waals surface area contributed by atoms with E-state index < -0.39 is 0 Å². The Morgan fingerprint density at radius 1 is 1.12 bits per heavy atom. The second-order valence-electron chi connectivity index (χ2n) is 5.61. The van der Waals surface area contributed by atoms with Crippen LogP contribution in [0.5, 0.6) is 5.75 Å². The van der Waals surface area contributed by atoms with Gasteiger partial charge in [0, 0.05) is 13.5 Å². The summed E-state index contributed by atoms with van der Waals surface area (Å²) in [6, 6.07) is 15.1. The summed E-state index contributed by atoms with van der Waals surface area (Å²) in [5.74, 6) is 0.174. The lowest BCUT2D eigenvalue weighted by Gasteiger charge is -2.21. The number of anilines is 1. The van der Waals surface area contributed by atoms with Crippen LogP contribution in [0.4, 0.5) is 5.69 Å². The standard InChI is InChI=1S/C19H22N2O3/c1-14-7-6-8-16(11-14)12-21(15(2)22)13-19(23)20-17-9-4-5-10-18(17)24-3/h4-11H,12-13H2,1-3H3,(H,20,23). The van der Waals surface area contributed by atoms with Crippen molar-refractivity contribution >= 4 is 17.5 Å². The van der Waals surface area contributed by atoms with Crippen LogP contribution in [0.1, 0.15) is 18.1 Å². The molecule has 0 aliphatic rings. The smallest absolute Gasteiger partial charge is 0.244 e. The Kier molecular flexibility index (Phi) is 5.95. The fourth-order valence-electron chi connectivity index (χ4n) is 2.42. The van der Waals surface area contributed by atoms with Crippen LogP contribution in [0.15, 0.2) is 48.5 Å². The zero-order chi connectivity index (χ0) is 17.5. The highest BCUT2D eigenvalue weighted by Crippen LogP contribution is 2.22. The predicted octanol–water partition coefficient (Wildman–Crippen LogP) is 2.99. The van der Waals surface area contributed by atoms with Crippen molar-refractivity contribution in [3.63, 3.8) is 0 Å². The van der Waals surface area contributed by atoms with Gasteiger partial charge in [-0.15, -0.1) is 0 Å². The average molecular weight is 326 g/mol. The van der Waals surface area contributed by atoms with Crippen molar-refractivity contribution in [3.8, 4) is 5.75 Å². The highest BCUT2D eigenvalue weighted by Gasteiger charge is 2.15. The van der Waals surface area contributed by atoms with E-state index in [-0.39, 0.29) is 18.4 Å². The number of carbonyl (C=O) groups excluding carboxylic acids is 2. The number of aryl methyl sites for hydroxylation is 1. The first-order valence-electron chi connectivity index (χ1n) is 7.73. The van der Waals surface area contributed by atoms with Gasteiger partial charge in [0.1, 0.15) is 12.3 Å². The summed E-state index contributed by atoms with van der Waals surface area (Å²) >= 11 is 0. The van der Waals surface area contributed by atoms with Crippen molar-refractivity contribution in [2.24, 2.45) is 0 Å². The minimum atomic E-state index is -0.262. The highest BCUT2D eigenvalue weighted by molar-refractivity contribution is 5.95. The van der Waals surface area contributed by atoms with Gasteiger partial charge < -0.3 is 15.0 Å². The van der Waals surface area contributed by atoms with Crippen molar-refractivity contribution in [2.45, 2.75) is 20.4 Å². The van der Waals surface area contributed by atoms with E-state index in [1.165, 1.54) is 11.8 Å². The van der Waals surface area contributed by atoms with Crippen LogP contribution in [0.2, 0.25) is 0 Å². The lowest BCUT2D eigenvalue weighted by Crippen LogP contribution is -2.36. The van der Waals surface area contributed by atoms with Gasteiger partial charge in [0.25, 0.3) is 0 Å². The maximum absolute atomic E-state index is 12.3. The fraction of sp³-hybridized carbons (Fsp3) is 0.263. The molecule has 0 aliphatic heterocycles. The van der Waals surface area contributed by atoms with E-state index >= 15 is 0 Å². The Hall–Kier alpha value is -2.82. The highest BCUT2D eigenvalue weighted by atomic mass is 16.5. The number of benzene rings is 2. The lowest BCUT2D eigenvalue weighted by atomic mass is 10.1. The quantitative estimate of drug-likeness (QED) is 0.888. The van der Waals surface area contributed by atoms with Crippen LogP contribution in [-0.4, -0.2) is 30.4 Å². The van der Waals surface area contributed by atoms with E-state index in [4.69, 9.17) is 4.74 Å². The molecule has 0 fully saturated rings. The molecule has 126 valence electrons. The van der Waals surface area contributed by atoms with Crippen molar-refractivity contribution in [3.05, 3.63) is 59.7 Å². The molecule has 5 nitrogen and oxygen atoms in total. The topological polar surface area (TPSA) is 58.6 Å². The SMILES string of the molecule is COc1ccccc1NC(=O)CN(Cc1cccc(C)c1)C(C)=O. The Labute approximate surface area is 142 Å². The molecule has 0 radical (unpaired) electrons. The molecule has 0 atom stereocenters. The summed E-state index contributed by atoms with van der Waals surface area (Å²) in [5, 5.41) is 2.79. The minimum Gasteiger partial charge on any atom is -0.495 e. The number of para-hydroxylation sites is 2. The first kappa shape index (κ1) is 17.5. The molecule has 0 saturated carbocycles. The first-order chi connectivity index (χ1) is 11.5. The zero-order valence-electron chi connectivity index (χ0n) is 14.2. The van der Waals surface area contributed by atoms with Gasteiger partial charge >= 0.3 is 0 Å². The Morgan fingerprint density at radius 2 is 1.88 bits per heavy atom. The third-order valence-corrected chi connectivity index (χ3v) is 3.62. The van der Waals surface area contributed by atoms with Gasteiger partial charge in [0.2, 0.25) is 11.8 Å². The summed E-state index contributed by atoms with van der Waals surface area (Å²) < 4.78 is 5.21. The normalized spacial score (nSPS) is 10.1. The lowest BCUT2D eigenvalue weighted by molar-refractivity contribution is -0.133. The van der Waals surface area contributed by atoms with Crippen LogP contribution >= 0.6 is 0 Å². The summed E-state index contributed by atoms with van der Waals surface area (Å²) in [4.78, 5) is 25.7. The van der Waals surface area contributed by atoms with Gasteiger partial charge in [0.15, 0.2) is 0 Å². The van der Waals surface area contributed by atoms with E-state index in [9.17, 15) is 9.59 Å². The van der Waals surface area contributed by atoms with Crippen molar-refractivity contribution < 1.29 is 14.3 Å². The van der Waals surface area contributed by atoms with Crippen LogP contribution in [0.3, 0.4) is 0 Å². The number of ether oxygens (including phenoxy) is 1. The Balaban J connectivity index is 2.04. The van der Waals surface area contributed by atoms with Gasteiger partial charge in [-0.3, -0.25) is 9.59 Å². The number of rotatable bonds is 6. The van der Waals surface area contributed by atoms with E-state index in [0.717, 1.165) is 11.1 Å². The summed E-state index contributed by atoms with van der Waals surface area (Å²) in [7, 11) is 1.55. The largest absolute Gasteiger partial charge is 0.495 e. The number of hydrogen-bond acceptors (Lipinski definition) is 3. The molecular weight excluding hydrogens is 304 g/mol. The fourth-order valence-corrected chi connectivity index (χ4v) is 2.42. The molecule has 24 heavy (non-hydrogen) atoms. The van der Waals surface area contributed by atoms with Gasteiger partial charge in [-0.1, -0.05) is 42.0 Å². The van der Waals surface area contributed by atoms with Gasteiger partial charge in [-0.2, -0.15) is 0 Å². The van der Waals surface area contributed by atoms with E-state index in [2.05, 4.69) is 5.32 Å². The number of carbonyl (C=O) groups is 2. The van der Waals surface area contributed by atoms with Crippen molar-refractivity contribution in [1.29, 1.82) is 0 Å². The molecule has 2 aromatic carbocycles. The van der Waals surface area contributed by atoms with E-state index in [1.54, 1.807) is 19.2 Å². The number of nitrogens with zero attached hydrogens (tertiary/aromatic N) is 1. The molecule has 2 aromatic rings. The third kappa shape index (κ3) is 4.84. The first-order valence-corrected chi connectivity index (χ1v) is 7.73. The Bertz CT molecular complexity index is 728. The van der Waals surface area contributed by atoms with Crippen LogP contribution in [-0.2, 0) is 16.1 Å². The summed E-state index contributed by atoms with van der Waals surface area (Å²) in [6.45, 7) is 3.85. The number of amides is 2. The van der Waals surface area contributed by atoms with Crippen LogP contribution < -0.4 is 10.1 Å². The van der Waals surface area contributed by atoms with Gasteiger partial charge in [0.05, 0.1) is 12.8 Å². The molecule has 0 aromatic heterocycles. The van der Waals surface area contributed by atoms with Gasteiger partial charge in [-0.25, -0.2) is 0 Å². The maximum Gasteiger partial charge on any atom is 0.244 e. The molecule has 0 saturated heterocycles. The molecule has 1 N–H and O–H groups in total. The van der Waals surface area contributed by atoms with Crippen molar-refractivity contribution in [1.82, 2.24) is 4.90 Å². The van der Waals surface area contributed by atoms with Crippen LogP contribution in [0, 0.1) is 6.92 Å². The number of nitrogens with one attached hydrogen (secondary N) is 1. The molecule has 0 unspecified atom stereocenters. The number of methoxy groups -OCH3 is 1. The number of hydrogen-bond donors (Lipinski definition) is 1. The molecule has 0 aliphatic carbocycles. The predicted molar refractivity (Wildman–Crippen MR) is 93.9 cm³/mol. The van der Waals surface area contributed by atoms with Crippen molar-refractivity contribution in [2.75, 3.05) is 19.0 Å². The molecule has 2 rings (SSSR count). The molecule has 0 bridgehead atoms. The minimum absolute atomic E-state index is 0.0126. The second kappa shape index (κ2) is 8.15. The maximum atomic E-state index is 12.3. The third-order valence-electron chi connectivity index (χ3n) is 3.62. The molecule has 0 spiro atoms. The van der Waals surface area contributed by atoms with E-state index in [0.29, 0.717) is 18.0 Å². The summed E-state index contributed by atoms with van der Waals surface area (Å²) in [5.41, 5.74) is 2.70. The van der Waals surface area contributed by atoms with E-state index in [1.807, 2.05) is 43.3 Å². The molecule has 5 heteroatoms.